The number of hydrogen-bond acceptors (Lipinski definition) is 10. The van der Waals surface area contributed by atoms with Crippen molar-refractivity contribution >= 4 is 23.4 Å². The lowest BCUT2D eigenvalue weighted by molar-refractivity contribution is 0.801. The van der Waals surface area contributed by atoms with E-state index >= 15 is 0 Å². The summed E-state index contributed by atoms with van der Waals surface area (Å²) in [4.78, 5) is 23.0. The van der Waals surface area contributed by atoms with E-state index in [9.17, 15) is 0 Å². The minimum Gasteiger partial charge on any atom is -0.371 e. The van der Waals surface area contributed by atoms with E-state index in [-0.39, 0.29) is 5.95 Å². The summed E-state index contributed by atoms with van der Waals surface area (Å²) in [5.41, 5.74) is 1.21. The number of rotatable bonds is 5. The van der Waals surface area contributed by atoms with Crippen LogP contribution in [-0.2, 0) is 0 Å². The van der Waals surface area contributed by atoms with Crippen molar-refractivity contribution in [3.05, 3.63) is 30.5 Å². The second-order valence-electron chi connectivity index (χ2n) is 5.17. The zero-order valence-electron chi connectivity index (χ0n) is 14.3. The first kappa shape index (κ1) is 16.4. The van der Waals surface area contributed by atoms with Crippen molar-refractivity contribution in [2.24, 2.45) is 10.2 Å². The molecule has 0 spiro atoms. The molecule has 0 fully saturated rings. The minimum atomic E-state index is 0.254. The third-order valence-corrected chi connectivity index (χ3v) is 3.19. The topological polar surface area (TPSA) is 122 Å². The van der Waals surface area contributed by atoms with Crippen molar-refractivity contribution < 1.29 is 0 Å². The SMILES string of the molecule is CNc1nc(N(C)C)nc(C)c1N=Nc1ncnn1-c1ncccn1. The Morgan fingerprint density at radius 2 is 1.84 bits per heavy atom. The van der Waals surface area contributed by atoms with E-state index in [2.05, 4.69) is 45.6 Å². The van der Waals surface area contributed by atoms with Crippen LogP contribution in [0.2, 0.25) is 0 Å². The highest BCUT2D eigenvalue weighted by Crippen LogP contribution is 2.29. The molecule has 11 heteroatoms. The van der Waals surface area contributed by atoms with Gasteiger partial charge in [-0.3, -0.25) is 0 Å². The standard InChI is InChI=1S/C14H17N11/c1-9-10(11(15-2)21-14(20-9)24(3)4)22-23-13-18-8-19-25(13)12-16-6-5-7-17-12/h5-8H,1-4H3,(H,15,20,21). The van der Waals surface area contributed by atoms with Gasteiger partial charge in [0.1, 0.15) is 12.0 Å². The summed E-state index contributed by atoms with van der Waals surface area (Å²) in [5.74, 6) is 1.77. The second kappa shape index (κ2) is 6.95. The van der Waals surface area contributed by atoms with Gasteiger partial charge < -0.3 is 10.2 Å². The molecule has 0 saturated carbocycles. The van der Waals surface area contributed by atoms with Gasteiger partial charge in [0.2, 0.25) is 5.95 Å². The first-order valence-corrected chi connectivity index (χ1v) is 7.43. The quantitative estimate of drug-likeness (QED) is 0.697. The zero-order valence-corrected chi connectivity index (χ0v) is 14.3. The third kappa shape index (κ3) is 3.39. The highest BCUT2D eigenvalue weighted by atomic mass is 15.4. The van der Waals surface area contributed by atoms with E-state index in [0.29, 0.717) is 29.1 Å². The van der Waals surface area contributed by atoms with E-state index in [1.54, 1.807) is 25.5 Å². The van der Waals surface area contributed by atoms with Crippen LogP contribution in [-0.4, -0.2) is 55.8 Å². The van der Waals surface area contributed by atoms with E-state index in [1.165, 1.54) is 11.0 Å². The van der Waals surface area contributed by atoms with Crippen LogP contribution in [0.15, 0.2) is 35.0 Å². The first-order chi connectivity index (χ1) is 12.1. The van der Waals surface area contributed by atoms with Crippen LogP contribution in [0.5, 0.6) is 0 Å². The number of nitrogens with one attached hydrogen (secondary N) is 1. The molecule has 0 aliphatic heterocycles. The summed E-state index contributed by atoms with van der Waals surface area (Å²) < 4.78 is 1.40. The van der Waals surface area contributed by atoms with Gasteiger partial charge >= 0.3 is 0 Å². The summed E-state index contributed by atoms with van der Waals surface area (Å²) >= 11 is 0. The van der Waals surface area contributed by atoms with Crippen molar-refractivity contribution in [3.8, 4) is 5.95 Å². The second-order valence-corrected chi connectivity index (χ2v) is 5.17. The monoisotopic (exact) mass is 339 g/mol. The van der Waals surface area contributed by atoms with Crippen molar-refractivity contribution in [1.29, 1.82) is 0 Å². The Kier molecular flexibility index (Phi) is 4.55. The fourth-order valence-electron chi connectivity index (χ4n) is 1.99. The van der Waals surface area contributed by atoms with Gasteiger partial charge in [0.15, 0.2) is 5.82 Å². The van der Waals surface area contributed by atoms with E-state index in [1.807, 2.05) is 25.9 Å². The molecule has 0 atom stereocenters. The van der Waals surface area contributed by atoms with Gasteiger partial charge in [0.05, 0.1) is 5.69 Å². The molecule has 0 aliphatic rings. The Hall–Kier alpha value is -3.50. The number of hydrogen-bond donors (Lipinski definition) is 1. The van der Waals surface area contributed by atoms with Crippen molar-refractivity contribution in [2.45, 2.75) is 6.92 Å². The maximum atomic E-state index is 4.42. The molecule has 0 aliphatic carbocycles. The highest BCUT2D eigenvalue weighted by Gasteiger charge is 2.13. The maximum Gasteiger partial charge on any atom is 0.274 e. The molecule has 11 nitrogen and oxygen atoms in total. The fraction of sp³-hybridized carbons (Fsp3) is 0.286. The summed E-state index contributed by atoms with van der Waals surface area (Å²) in [6.07, 6.45) is 4.59. The van der Waals surface area contributed by atoms with Gasteiger partial charge in [-0.2, -0.15) is 19.7 Å². The van der Waals surface area contributed by atoms with Crippen LogP contribution >= 0.6 is 0 Å². The van der Waals surface area contributed by atoms with Crippen LogP contribution < -0.4 is 10.2 Å². The van der Waals surface area contributed by atoms with Crippen LogP contribution in [0.4, 0.5) is 23.4 Å². The van der Waals surface area contributed by atoms with Crippen LogP contribution in [0, 0.1) is 6.92 Å². The van der Waals surface area contributed by atoms with Gasteiger partial charge in [-0.1, -0.05) is 0 Å². The molecule has 128 valence electrons. The highest BCUT2D eigenvalue weighted by molar-refractivity contribution is 5.64. The molecule has 0 aromatic carbocycles. The Labute approximate surface area is 143 Å². The molecule has 3 rings (SSSR count). The van der Waals surface area contributed by atoms with Gasteiger partial charge in [0.25, 0.3) is 11.9 Å². The zero-order chi connectivity index (χ0) is 17.8. The molecule has 1 N–H and O–H groups in total. The van der Waals surface area contributed by atoms with E-state index in [0.717, 1.165) is 0 Å². The molecule has 0 amide bonds. The van der Waals surface area contributed by atoms with Crippen LogP contribution in [0.3, 0.4) is 0 Å². The van der Waals surface area contributed by atoms with Crippen molar-refractivity contribution in [2.75, 3.05) is 31.4 Å². The number of azo groups is 1. The Morgan fingerprint density at radius 3 is 2.52 bits per heavy atom. The summed E-state index contributed by atoms with van der Waals surface area (Å²) in [5, 5.41) is 15.5. The van der Waals surface area contributed by atoms with Crippen molar-refractivity contribution in [3.63, 3.8) is 0 Å². The number of aromatic nitrogens is 7. The molecule has 0 unspecified atom stereocenters. The van der Waals surface area contributed by atoms with E-state index in [4.69, 9.17) is 0 Å². The predicted octanol–water partition coefficient (Wildman–Crippen LogP) is 1.68. The lowest BCUT2D eigenvalue weighted by atomic mass is 10.3. The fourth-order valence-corrected chi connectivity index (χ4v) is 1.99. The molecule has 3 aromatic rings. The smallest absolute Gasteiger partial charge is 0.274 e. The lowest BCUT2D eigenvalue weighted by Crippen LogP contribution is -2.14. The van der Waals surface area contributed by atoms with E-state index < -0.39 is 0 Å². The Bertz CT molecular complexity index is 885. The lowest BCUT2D eigenvalue weighted by Gasteiger charge is -2.13. The van der Waals surface area contributed by atoms with Crippen LogP contribution in [0.1, 0.15) is 5.69 Å². The van der Waals surface area contributed by atoms with Gasteiger partial charge in [-0.25, -0.2) is 15.0 Å². The summed E-state index contributed by atoms with van der Waals surface area (Å²) in [6.45, 7) is 1.84. The molecular weight excluding hydrogens is 322 g/mol. The van der Waals surface area contributed by atoms with Gasteiger partial charge in [-0.15, -0.1) is 10.2 Å². The summed E-state index contributed by atoms with van der Waals surface area (Å²) in [7, 11) is 5.51. The van der Waals surface area contributed by atoms with Crippen LogP contribution in [0.25, 0.3) is 5.95 Å². The normalized spacial score (nSPS) is 11.0. The first-order valence-electron chi connectivity index (χ1n) is 7.43. The van der Waals surface area contributed by atoms with Gasteiger partial charge in [-0.05, 0) is 13.0 Å². The average molecular weight is 339 g/mol. The average Bonchev–Trinajstić information content (AvgIpc) is 3.09. The molecule has 3 heterocycles. The van der Waals surface area contributed by atoms with Crippen molar-refractivity contribution in [1.82, 2.24) is 34.7 Å². The van der Waals surface area contributed by atoms with Gasteiger partial charge in [0, 0.05) is 33.5 Å². The third-order valence-electron chi connectivity index (χ3n) is 3.19. The molecule has 0 radical (unpaired) electrons. The molecular formula is C14H17N11. The molecule has 0 bridgehead atoms. The number of anilines is 2. The number of nitrogens with zero attached hydrogens (tertiary/aromatic N) is 10. The molecule has 25 heavy (non-hydrogen) atoms. The predicted molar refractivity (Wildman–Crippen MR) is 91.8 cm³/mol. The Morgan fingerprint density at radius 1 is 1.08 bits per heavy atom. The maximum absolute atomic E-state index is 4.42. The molecule has 3 aromatic heterocycles. The molecule has 0 saturated heterocycles. The Balaban J connectivity index is 1.98. The summed E-state index contributed by atoms with van der Waals surface area (Å²) in [6, 6.07) is 1.72. The minimum absolute atomic E-state index is 0.254. The number of aryl methyl sites for hydroxylation is 1. The largest absolute Gasteiger partial charge is 0.371 e.